The van der Waals surface area contributed by atoms with Crippen molar-refractivity contribution in [2.75, 3.05) is 19.6 Å². The maximum atomic E-state index is 12.6. The number of rotatable bonds is 6. The van der Waals surface area contributed by atoms with Gasteiger partial charge in [-0.25, -0.2) is 4.98 Å². The Morgan fingerprint density at radius 1 is 1.21 bits per heavy atom. The van der Waals surface area contributed by atoms with Crippen LogP contribution in [0.25, 0.3) is 11.0 Å². The van der Waals surface area contributed by atoms with Crippen LogP contribution in [-0.4, -0.2) is 40.4 Å². The molecule has 3 heterocycles. The zero-order chi connectivity index (χ0) is 19.3. The van der Waals surface area contributed by atoms with Crippen LogP contribution in [0.3, 0.4) is 0 Å². The lowest BCUT2D eigenvalue weighted by Gasteiger charge is -2.31. The Hall–Kier alpha value is -2.66. The van der Waals surface area contributed by atoms with Gasteiger partial charge in [0.1, 0.15) is 5.65 Å². The van der Waals surface area contributed by atoms with Crippen molar-refractivity contribution in [2.24, 2.45) is 5.92 Å². The van der Waals surface area contributed by atoms with Crippen LogP contribution in [0.5, 0.6) is 0 Å². The van der Waals surface area contributed by atoms with Crippen LogP contribution in [-0.2, 0) is 11.2 Å². The SMILES string of the molecule is C[C@@H](NC(=O)C1CCN(CCc2c[nH]c3ncccc23)CC1)c1ccccc1. The summed E-state index contributed by atoms with van der Waals surface area (Å²) >= 11 is 0. The number of benzene rings is 1. The van der Waals surface area contributed by atoms with Gasteiger partial charge in [0.25, 0.3) is 0 Å². The number of aromatic nitrogens is 2. The predicted octanol–water partition coefficient (Wildman–Crippen LogP) is 3.69. The van der Waals surface area contributed by atoms with Gasteiger partial charge in [0.15, 0.2) is 0 Å². The van der Waals surface area contributed by atoms with Crippen LogP contribution < -0.4 is 5.32 Å². The minimum Gasteiger partial charge on any atom is -0.349 e. The van der Waals surface area contributed by atoms with Crippen molar-refractivity contribution in [2.45, 2.75) is 32.2 Å². The molecule has 0 unspecified atom stereocenters. The lowest BCUT2D eigenvalue weighted by atomic mass is 9.95. The van der Waals surface area contributed by atoms with Gasteiger partial charge in [-0.1, -0.05) is 30.3 Å². The number of amides is 1. The summed E-state index contributed by atoms with van der Waals surface area (Å²) in [5, 5.41) is 4.40. The van der Waals surface area contributed by atoms with E-state index in [1.54, 1.807) is 0 Å². The third-order valence-corrected chi connectivity index (χ3v) is 5.85. The first kappa shape index (κ1) is 18.7. The number of hydrogen-bond donors (Lipinski definition) is 2. The summed E-state index contributed by atoms with van der Waals surface area (Å²) in [5.74, 6) is 0.318. The Balaban J connectivity index is 1.24. The van der Waals surface area contributed by atoms with Crippen molar-refractivity contribution < 1.29 is 4.79 Å². The second kappa shape index (κ2) is 8.57. The number of piperidine rings is 1. The number of likely N-dealkylation sites (tertiary alicyclic amines) is 1. The molecule has 1 fully saturated rings. The fraction of sp³-hybridized carbons (Fsp3) is 0.391. The molecule has 4 rings (SSSR count). The second-order valence-electron chi connectivity index (χ2n) is 7.72. The molecule has 1 aromatic carbocycles. The summed E-state index contributed by atoms with van der Waals surface area (Å²) in [6.45, 7) is 5.05. The largest absolute Gasteiger partial charge is 0.349 e. The van der Waals surface area contributed by atoms with Gasteiger partial charge in [-0.3, -0.25) is 4.79 Å². The molecule has 3 aromatic rings. The summed E-state index contributed by atoms with van der Waals surface area (Å²) in [7, 11) is 0. The number of aromatic amines is 1. The highest BCUT2D eigenvalue weighted by Crippen LogP contribution is 2.21. The first-order valence-corrected chi connectivity index (χ1v) is 10.2. The fourth-order valence-electron chi connectivity index (χ4n) is 4.07. The molecule has 2 N–H and O–H groups in total. The van der Waals surface area contributed by atoms with E-state index in [-0.39, 0.29) is 17.9 Å². The quantitative estimate of drug-likeness (QED) is 0.690. The van der Waals surface area contributed by atoms with E-state index in [0.29, 0.717) is 0 Å². The monoisotopic (exact) mass is 376 g/mol. The standard InChI is InChI=1S/C23H28N4O/c1-17(18-6-3-2-4-7-18)26-23(28)19-9-13-27(14-10-19)15-11-20-16-25-22-21(20)8-5-12-24-22/h2-8,12,16-17,19H,9-11,13-15H2,1H3,(H,24,25)(H,26,28)/t17-/m1/s1. The molecule has 1 aliphatic heterocycles. The molecule has 0 bridgehead atoms. The molecule has 5 heteroatoms. The number of nitrogens with zero attached hydrogens (tertiary/aromatic N) is 2. The topological polar surface area (TPSA) is 61.0 Å². The van der Waals surface area contributed by atoms with E-state index in [2.05, 4.69) is 51.5 Å². The molecule has 1 amide bonds. The average molecular weight is 377 g/mol. The highest BCUT2D eigenvalue weighted by molar-refractivity contribution is 5.80. The number of pyridine rings is 1. The van der Waals surface area contributed by atoms with E-state index < -0.39 is 0 Å². The molecule has 1 saturated heterocycles. The molecule has 0 aliphatic carbocycles. The van der Waals surface area contributed by atoms with Crippen molar-refractivity contribution >= 4 is 16.9 Å². The normalized spacial score (nSPS) is 16.9. The lowest BCUT2D eigenvalue weighted by Crippen LogP contribution is -2.41. The molecule has 0 spiro atoms. The Morgan fingerprint density at radius 2 is 2.00 bits per heavy atom. The zero-order valence-electron chi connectivity index (χ0n) is 16.4. The molecule has 146 valence electrons. The molecular formula is C23H28N4O. The maximum Gasteiger partial charge on any atom is 0.223 e. The first-order valence-electron chi connectivity index (χ1n) is 10.2. The van der Waals surface area contributed by atoms with Crippen molar-refractivity contribution in [1.82, 2.24) is 20.2 Å². The van der Waals surface area contributed by atoms with Gasteiger partial charge in [0, 0.05) is 30.2 Å². The van der Waals surface area contributed by atoms with Gasteiger partial charge in [0.05, 0.1) is 6.04 Å². The van der Waals surface area contributed by atoms with Crippen molar-refractivity contribution in [3.05, 3.63) is 66.0 Å². The molecule has 0 saturated carbocycles. The highest BCUT2D eigenvalue weighted by Gasteiger charge is 2.25. The molecule has 0 radical (unpaired) electrons. The Kier molecular flexibility index (Phi) is 5.72. The van der Waals surface area contributed by atoms with Crippen molar-refractivity contribution in [3.8, 4) is 0 Å². The van der Waals surface area contributed by atoms with E-state index >= 15 is 0 Å². The van der Waals surface area contributed by atoms with E-state index in [0.717, 1.165) is 50.1 Å². The first-order chi connectivity index (χ1) is 13.7. The number of carbonyl (C=O) groups excluding carboxylic acids is 1. The summed E-state index contributed by atoms with van der Waals surface area (Å²) in [4.78, 5) is 22.7. The van der Waals surface area contributed by atoms with E-state index in [9.17, 15) is 4.79 Å². The summed E-state index contributed by atoms with van der Waals surface area (Å²) in [6, 6.07) is 14.3. The summed E-state index contributed by atoms with van der Waals surface area (Å²) in [6.07, 6.45) is 6.76. The Labute approximate surface area is 166 Å². The van der Waals surface area contributed by atoms with Crippen molar-refractivity contribution in [3.63, 3.8) is 0 Å². The zero-order valence-corrected chi connectivity index (χ0v) is 16.4. The van der Waals surface area contributed by atoms with E-state index in [1.807, 2.05) is 30.5 Å². The summed E-state index contributed by atoms with van der Waals surface area (Å²) < 4.78 is 0. The maximum absolute atomic E-state index is 12.6. The lowest BCUT2D eigenvalue weighted by molar-refractivity contribution is -0.127. The van der Waals surface area contributed by atoms with Gasteiger partial charge in [-0.05, 0) is 62.5 Å². The van der Waals surface area contributed by atoms with Gasteiger partial charge in [-0.15, -0.1) is 0 Å². The number of nitrogens with one attached hydrogen (secondary N) is 2. The summed E-state index contributed by atoms with van der Waals surface area (Å²) in [5.41, 5.74) is 3.43. The van der Waals surface area contributed by atoms with Gasteiger partial charge in [0.2, 0.25) is 5.91 Å². The number of fused-ring (bicyclic) bond motifs is 1. The average Bonchev–Trinajstić information content (AvgIpc) is 3.16. The Bertz CT molecular complexity index is 913. The van der Waals surface area contributed by atoms with E-state index in [4.69, 9.17) is 0 Å². The van der Waals surface area contributed by atoms with E-state index in [1.165, 1.54) is 10.9 Å². The van der Waals surface area contributed by atoms with Gasteiger partial charge >= 0.3 is 0 Å². The molecule has 5 nitrogen and oxygen atoms in total. The minimum atomic E-state index is 0.0576. The Morgan fingerprint density at radius 3 is 2.79 bits per heavy atom. The van der Waals surface area contributed by atoms with Crippen LogP contribution in [0.4, 0.5) is 0 Å². The molecule has 1 aliphatic rings. The number of hydrogen-bond acceptors (Lipinski definition) is 3. The molecule has 28 heavy (non-hydrogen) atoms. The van der Waals surface area contributed by atoms with Crippen LogP contribution in [0, 0.1) is 5.92 Å². The highest BCUT2D eigenvalue weighted by atomic mass is 16.1. The number of carbonyl (C=O) groups is 1. The molecular weight excluding hydrogens is 348 g/mol. The van der Waals surface area contributed by atoms with Crippen LogP contribution in [0.15, 0.2) is 54.9 Å². The minimum absolute atomic E-state index is 0.0576. The van der Waals surface area contributed by atoms with Gasteiger partial charge < -0.3 is 15.2 Å². The fourth-order valence-corrected chi connectivity index (χ4v) is 4.07. The smallest absolute Gasteiger partial charge is 0.223 e. The van der Waals surface area contributed by atoms with Crippen LogP contribution >= 0.6 is 0 Å². The van der Waals surface area contributed by atoms with Crippen molar-refractivity contribution in [1.29, 1.82) is 0 Å². The third-order valence-electron chi connectivity index (χ3n) is 5.85. The predicted molar refractivity (Wildman–Crippen MR) is 112 cm³/mol. The third kappa shape index (κ3) is 4.25. The second-order valence-corrected chi connectivity index (χ2v) is 7.72. The van der Waals surface area contributed by atoms with Crippen LogP contribution in [0.2, 0.25) is 0 Å². The molecule has 1 atom stereocenters. The number of H-pyrrole nitrogens is 1. The van der Waals surface area contributed by atoms with Gasteiger partial charge in [-0.2, -0.15) is 0 Å². The molecule has 2 aromatic heterocycles. The van der Waals surface area contributed by atoms with Crippen LogP contribution in [0.1, 0.15) is 36.9 Å².